The minimum absolute atomic E-state index is 0.177. The number of carbonyl (C=O) groups is 1. The minimum Gasteiger partial charge on any atom is -0.355 e. The van der Waals surface area contributed by atoms with Crippen LogP contribution in [0.1, 0.15) is 24.3 Å². The predicted molar refractivity (Wildman–Crippen MR) is 59.1 cm³/mol. The minimum atomic E-state index is 0.177. The normalized spacial score (nSPS) is 21.8. The van der Waals surface area contributed by atoms with E-state index in [9.17, 15) is 4.79 Å². The Labute approximate surface area is 91.8 Å². The monoisotopic (exact) mass is 253 g/mol. The molecule has 1 aromatic rings. The van der Waals surface area contributed by atoms with E-state index in [2.05, 4.69) is 33.4 Å². The molecule has 1 fully saturated rings. The number of carbonyl (C=O) groups excluding carboxylic acids is 1. The number of amides is 1. The number of piperidine rings is 1. The van der Waals surface area contributed by atoms with Crippen LogP contribution >= 0.6 is 15.9 Å². The van der Waals surface area contributed by atoms with Crippen molar-refractivity contribution in [1.29, 1.82) is 0 Å². The fourth-order valence-electron chi connectivity index (χ4n) is 1.78. The Hall–Kier alpha value is -0.830. The highest BCUT2D eigenvalue weighted by Crippen LogP contribution is 2.25. The van der Waals surface area contributed by atoms with Gasteiger partial charge in [-0.25, -0.2) is 0 Å². The van der Waals surface area contributed by atoms with Gasteiger partial charge in [0.2, 0.25) is 5.91 Å². The summed E-state index contributed by atoms with van der Waals surface area (Å²) < 4.78 is 1.10. The van der Waals surface area contributed by atoms with Crippen molar-refractivity contribution in [2.75, 3.05) is 6.54 Å². The average molecular weight is 254 g/mol. The molecular formula is C11H12BrNO. The van der Waals surface area contributed by atoms with E-state index >= 15 is 0 Å². The van der Waals surface area contributed by atoms with Crippen LogP contribution in [0.4, 0.5) is 0 Å². The predicted octanol–water partition coefficient (Wildman–Crippen LogP) is 2.44. The van der Waals surface area contributed by atoms with E-state index in [1.807, 2.05) is 12.1 Å². The third-order valence-electron chi connectivity index (χ3n) is 2.59. The number of hydrogen-bond acceptors (Lipinski definition) is 1. The summed E-state index contributed by atoms with van der Waals surface area (Å²) in [5.41, 5.74) is 1.30. The highest BCUT2D eigenvalue weighted by Gasteiger charge is 2.19. The summed E-state index contributed by atoms with van der Waals surface area (Å²) in [4.78, 5) is 11.0. The van der Waals surface area contributed by atoms with Crippen LogP contribution in [0, 0.1) is 0 Å². The fraction of sp³-hybridized carbons (Fsp3) is 0.364. The zero-order chi connectivity index (χ0) is 9.97. The summed E-state index contributed by atoms with van der Waals surface area (Å²) in [6.45, 7) is 0.773. The second kappa shape index (κ2) is 4.13. The van der Waals surface area contributed by atoms with Gasteiger partial charge in [-0.05, 0) is 24.1 Å². The van der Waals surface area contributed by atoms with Crippen LogP contribution in [-0.4, -0.2) is 12.5 Å². The van der Waals surface area contributed by atoms with Crippen molar-refractivity contribution in [3.8, 4) is 0 Å². The SMILES string of the molecule is O=C1CCC(c2cccc(Br)c2)CN1. The number of nitrogens with one attached hydrogen (secondary N) is 1. The molecule has 0 bridgehead atoms. The van der Waals surface area contributed by atoms with Crippen LogP contribution in [0.25, 0.3) is 0 Å². The summed E-state index contributed by atoms with van der Waals surface area (Å²) in [5.74, 6) is 0.654. The summed E-state index contributed by atoms with van der Waals surface area (Å²) in [5, 5.41) is 2.90. The van der Waals surface area contributed by atoms with E-state index in [0.717, 1.165) is 17.4 Å². The number of benzene rings is 1. The van der Waals surface area contributed by atoms with E-state index in [-0.39, 0.29) is 5.91 Å². The molecule has 1 heterocycles. The van der Waals surface area contributed by atoms with Crippen LogP contribution in [0.15, 0.2) is 28.7 Å². The summed E-state index contributed by atoms with van der Waals surface area (Å²) >= 11 is 3.45. The molecule has 0 aromatic heterocycles. The maximum absolute atomic E-state index is 11.0. The van der Waals surface area contributed by atoms with Crippen molar-refractivity contribution in [3.05, 3.63) is 34.3 Å². The lowest BCUT2D eigenvalue weighted by Gasteiger charge is -2.22. The number of rotatable bonds is 1. The molecule has 1 unspecified atom stereocenters. The molecule has 1 atom stereocenters. The third-order valence-corrected chi connectivity index (χ3v) is 3.08. The molecule has 1 N–H and O–H groups in total. The second-order valence-corrected chi connectivity index (χ2v) is 4.51. The van der Waals surface area contributed by atoms with Gasteiger partial charge in [-0.3, -0.25) is 4.79 Å². The van der Waals surface area contributed by atoms with E-state index in [4.69, 9.17) is 0 Å². The second-order valence-electron chi connectivity index (χ2n) is 3.59. The van der Waals surface area contributed by atoms with Crippen molar-refractivity contribution in [2.24, 2.45) is 0 Å². The first-order chi connectivity index (χ1) is 6.75. The van der Waals surface area contributed by atoms with Gasteiger partial charge in [-0.15, -0.1) is 0 Å². The zero-order valence-corrected chi connectivity index (χ0v) is 9.38. The number of hydrogen-bond donors (Lipinski definition) is 1. The standard InChI is InChI=1S/C11H12BrNO/c12-10-3-1-2-8(6-10)9-4-5-11(14)13-7-9/h1-3,6,9H,4-5,7H2,(H,13,14). The van der Waals surface area contributed by atoms with Crippen molar-refractivity contribution in [1.82, 2.24) is 5.32 Å². The molecule has 0 aliphatic carbocycles. The molecule has 2 rings (SSSR count). The molecule has 2 nitrogen and oxygen atoms in total. The molecule has 3 heteroatoms. The molecule has 0 radical (unpaired) electrons. The lowest BCUT2D eigenvalue weighted by Crippen LogP contribution is -2.33. The third kappa shape index (κ3) is 2.15. The maximum atomic E-state index is 11.0. The molecule has 1 aliphatic heterocycles. The van der Waals surface area contributed by atoms with Gasteiger partial charge in [-0.1, -0.05) is 28.1 Å². The van der Waals surface area contributed by atoms with Crippen molar-refractivity contribution in [2.45, 2.75) is 18.8 Å². The number of halogens is 1. The molecule has 0 spiro atoms. The molecular weight excluding hydrogens is 242 g/mol. The quantitative estimate of drug-likeness (QED) is 0.819. The highest BCUT2D eigenvalue weighted by molar-refractivity contribution is 9.10. The van der Waals surface area contributed by atoms with E-state index in [1.54, 1.807) is 0 Å². The van der Waals surface area contributed by atoms with Crippen LogP contribution in [-0.2, 0) is 4.79 Å². The van der Waals surface area contributed by atoms with Crippen LogP contribution in [0.5, 0.6) is 0 Å². The molecule has 1 aliphatic rings. The summed E-state index contributed by atoms with van der Waals surface area (Å²) in [7, 11) is 0. The Morgan fingerprint density at radius 3 is 2.93 bits per heavy atom. The van der Waals surface area contributed by atoms with Gasteiger partial charge in [0.25, 0.3) is 0 Å². The van der Waals surface area contributed by atoms with Gasteiger partial charge in [0.1, 0.15) is 0 Å². The van der Waals surface area contributed by atoms with Gasteiger partial charge >= 0.3 is 0 Å². The molecule has 14 heavy (non-hydrogen) atoms. The summed E-state index contributed by atoms with van der Waals surface area (Å²) in [6.07, 6.45) is 1.61. The molecule has 1 aromatic carbocycles. The van der Waals surface area contributed by atoms with Crippen LogP contribution in [0.2, 0.25) is 0 Å². The first kappa shape index (κ1) is 9.71. The van der Waals surface area contributed by atoms with Gasteiger partial charge in [-0.2, -0.15) is 0 Å². The molecule has 1 amide bonds. The Morgan fingerprint density at radius 1 is 1.43 bits per heavy atom. The van der Waals surface area contributed by atoms with Crippen LogP contribution in [0.3, 0.4) is 0 Å². The first-order valence-electron chi connectivity index (χ1n) is 4.78. The average Bonchev–Trinajstić information content (AvgIpc) is 2.19. The Kier molecular flexibility index (Phi) is 2.87. The topological polar surface area (TPSA) is 29.1 Å². The molecule has 74 valence electrons. The Balaban J connectivity index is 2.12. The van der Waals surface area contributed by atoms with E-state index < -0.39 is 0 Å². The molecule has 1 saturated heterocycles. The Morgan fingerprint density at radius 2 is 2.29 bits per heavy atom. The van der Waals surface area contributed by atoms with Crippen LogP contribution < -0.4 is 5.32 Å². The van der Waals surface area contributed by atoms with Crippen molar-refractivity contribution in [3.63, 3.8) is 0 Å². The smallest absolute Gasteiger partial charge is 0.220 e. The largest absolute Gasteiger partial charge is 0.355 e. The van der Waals surface area contributed by atoms with Gasteiger partial charge in [0, 0.05) is 23.4 Å². The zero-order valence-electron chi connectivity index (χ0n) is 7.79. The molecule has 0 saturated carbocycles. The van der Waals surface area contributed by atoms with Crippen molar-refractivity contribution < 1.29 is 4.79 Å². The van der Waals surface area contributed by atoms with Gasteiger partial charge in [0.05, 0.1) is 0 Å². The Bertz CT molecular complexity index is 341. The van der Waals surface area contributed by atoms with E-state index in [1.165, 1.54) is 5.56 Å². The van der Waals surface area contributed by atoms with Gasteiger partial charge in [0.15, 0.2) is 0 Å². The van der Waals surface area contributed by atoms with Crippen molar-refractivity contribution >= 4 is 21.8 Å². The van der Waals surface area contributed by atoms with Gasteiger partial charge < -0.3 is 5.32 Å². The van der Waals surface area contributed by atoms with E-state index in [0.29, 0.717) is 12.3 Å². The lowest BCUT2D eigenvalue weighted by molar-refractivity contribution is -0.122. The lowest BCUT2D eigenvalue weighted by atomic mass is 9.91. The highest BCUT2D eigenvalue weighted by atomic mass is 79.9. The summed E-state index contributed by atoms with van der Waals surface area (Å²) in [6, 6.07) is 8.30. The first-order valence-corrected chi connectivity index (χ1v) is 5.57. The maximum Gasteiger partial charge on any atom is 0.220 e. The fourth-order valence-corrected chi connectivity index (χ4v) is 2.19.